The molecule has 0 saturated heterocycles. The molecule has 0 aliphatic heterocycles. The smallest absolute Gasteiger partial charge is 0.407 e. The molecular formula is C29H38N4O4. The number of carbonyl (C=O) groups excluding carboxylic acids is 2. The van der Waals surface area contributed by atoms with E-state index in [2.05, 4.69) is 20.8 Å². The molecule has 1 atom stereocenters. The number of benzene rings is 2. The fourth-order valence-corrected chi connectivity index (χ4v) is 4.17. The number of ether oxygens (including phenoxy) is 1. The van der Waals surface area contributed by atoms with E-state index >= 15 is 0 Å². The number of hydrazone groups is 1. The Morgan fingerprint density at radius 3 is 2.30 bits per heavy atom. The van der Waals surface area contributed by atoms with Crippen LogP contribution >= 0.6 is 0 Å². The average Bonchev–Trinajstić information content (AvgIpc) is 3.21. The van der Waals surface area contributed by atoms with E-state index in [1.165, 1.54) is 0 Å². The maximum atomic E-state index is 13.1. The lowest BCUT2D eigenvalue weighted by atomic mass is 9.78. The Hall–Kier alpha value is -3.81. The number of hydrogen-bond donors (Lipinski definition) is 4. The summed E-state index contributed by atoms with van der Waals surface area (Å²) in [4.78, 5) is 28.4. The normalized spacial score (nSPS) is 13.1. The number of H-pyrrole nitrogens is 1. The van der Waals surface area contributed by atoms with Crippen LogP contribution in [0.4, 0.5) is 4.79 Å². The molecule has 8 heteroatoms. The molecule has 0 aliphatic rings. The van der Waals surface area contributed by atoms with E-state index in [0.29, 0.717) is 0 Å². The van der Waals surface area contributed by atoms with Gasteiger partial charge in [0.05, 0.1) is 12.8 Å². The van der Waals surface area contributed by atoms with Crippen LogP contribution in [0.5, 0.6) is 5.75 Å². The minimum absolute atomic E-state index is 0.193. The number of aromatic amines is 1. The van der Waals surface area contributed by atoms with Gasteiger partial charge in [-0.15, -0.1) is 0 Å². The second kappa shape index (κ2) is 11.1. The number of alkyl carbamates (subject to hydrolysis) is 1. The third kappa shape index (κ3) is 6.90. The van der Waals surface area contributed by atoms with Gasteiger partial charge in [0, 0.05) is 34.6 Å². The van der Waals surface area contributed by atoms with Crippen molar-refractivity contribution in [3.05, 3.63) is 64.8 Å². The molecule has 0 fully saturated rings. The van der Waals surface area contributed by atoms with Crippen LogP contribution in [0.3, 0.4) is 0 Å². The average molecular weight is 507 g/mol. The first-order valence-corrected chi connectivity index (χ1v) is 12.5. The van der Waals surface area contributed by atoms with Crippen molar-refractivity contribution in [3.63, 3.8) is 0 Å². The van der Waals surface area contributed by atoms with Gasteiger partial charge in [-0.2, -0.15) is 5.10 Å². The van der Waals surface area contributed by atoms with E-state index in [1.54, 1.807) is 13.1 Å². The highest BCUT2D eigenvalue weighted by molar-refractivity contribution is 5.89. The number of nitrogens with one attached hydrogen (secondary N) is 3. The molecule has 37 heavy (non-hydrogen) atoms. The lowest BCUT2D eigenvalue weighted by Gasteiger charge is -2.27. The zero-order valence-electron chi connectivity index (χ0n) is 22.7. The summed E-state index contributed by atoms with van der Waals surface area (Å²) >= 11 is 0. The molecule has 1 heterocycles. The predicted octanol–water partition coefficient (Wildman–Crippen LogP) is 5.28. The zero-order valence-corrected chi connectivity index (χ0v) is 22.7. The van der Waals surface area contributed by atoms with Crippen LogP contribution in [0.15, 0.2) is 47.7 Å². The molecule has 8 nitrogen and oxygen atoms in total. The van der Waals surface area contributed by atoms with Crippen molar-refractivity contribution in [2.75, 3.05) is 6.61 Å². The van der Waals surface area contributed by atoms with Crippen LogP contribution in [0.2, 0.25) is 0 Å². The van der Waals surface area contributed by atoms with Gasteiger partial charge in [0.2, 0.25) is 0 Å². The number of phenolic OH excluding ortho intramolecular Hbond substituents is 1. The van der Waals surface area contributed by atoms with Crippen LogP contribution in [0.1, 0.15) is 70.7 Å². The van der Waals surface area contributed by atoms with E-state index < -0.39 is 18.0 Å². The third-order valence-corrected chi connectivity index (χ3v) is 6.12. The van der Waals surface area contributed by atoms with E-state index in [-0.39, 0.29) is 29.6 Å². The Bertz CT molecular complexity index is 1260. The third-order valence-electron chi connectivity index (χ3n) is 6.12. The predicted molar refractivity (Wildman–Crippen MR) is 147 cm³/mol. The largest absolute Gasteiger partial charge is 0.507 e. The first-order chi connectivity index (χ1) is 17.3. The monoisotopic (exact) mass is 506 g/mol. The summed E-state index contributed by atoms with van der Waals surface area (Å²) in [5, 5.41) is 18.7. The number of aromatic hydroxyl groups is 1. The lowest BCUT2D eigenvalue weighted by Crippen LogP contribution is -2.47. The second-order valence-electron chi connectivity index (χ2n) is 11.2. The number of para-hydroxylation sites is 1. The van der Waals surface area contributed by atoms with Gasteiger partial charge in [-0.25, -0.2) is 10.2 Å². The number of aromatic nitrogens is 1. The van der Waals surface area contributed by atoms with Crippen molar-refractivity contribution < 1.29 is 19.4 Å². The lowest BCUT2D eigenvalue weighted by molar-refractivity contribution is -0.123. The van der Waals surface area contributed by atoms with Gasteiger partial charge in [-0.05, 0) is 47.1 Å². The number of fused-ring (bicyclic) bond motifs is 1. The van der Waals surface area contributed by atoms with E-state index in [4.69, 9.17) is 4.74 Å². The highest BCUT2D eigenvalue weighted by atomic mass is 16.5. The van der Waals surface area contributed by atoms with Crippen LogP contribution in [0, 0.1) is 0 Å². The quantitative estimate of drug-likeness (QED) is 0.258. The van der Waals surface area contributed by atoms with Crippen LogP contribution in [-0.4, -0.2) is 41.0 Å². The van der Waals surface area contributed by atoms with Crippen LogP contribution in [-0.2, 0) is 26.8 Å². The van der Waals surface area contributed by atoms with E-state index in [1.807, 2.05) is 84.1 Å². The van der Waals surface area contributed by atoms with Crippen molar-refractivity contribution in [2.45, 2.75) is 71.8 Å². The molecule has 198 valence electrons. The number of rotatable bonds is 7. The molecule has 0 bridgehead atoms. The molecule has 3 aromatic rings. The minimum atomic E-state index is -0.898. The highest BCUT2D eigenvalue weighted by Crippen LogP contribution is 2.39. The minimum Gasteiger partial charge on any atom is -0.507 e. The van der Waals surface area contributed by atoms with Crippen molar-refractivity contribution >= 4 is 29.1 Å². The highest BCUT2D eigenvalue weighted by Gasteiger charge is 2.27. The van der Waals surface area contributed by atoms with Crippen LogP contribution < -0.4 is 10.7 Å². The fourth-order valence-electron chi connectivity index (χ4n) is 4.17. The summed E-state index contributed by atoms with van der Waals surface area (Å²) in [6.07, 6.45) is 2.97. The summed E-state index contributed by atoms with van der Waals surface area (Å²) < 4.78 is 5.00. The second-order valence-corrected chi connectivity index (χ2v) is 11.2. The topological polar surface area (TPSA) is 116 Å². The van der Waals surface area contributed by atoms with Gasteiger partial charge in [-0.1, -0.05) is 59.7 Å². The van der Waals surface area contributed by atoms with Gasteiger partial charge in [-0.3, -0.25) is 4.79 Å². The Balaban J connectivity index is 1.85. The fraction of sp³-hybridized carbons (Fsp3) is 0.414. The van der Waals surface area contributed by atoms with Gasteiger partial charge >= 0.3 is 6.09 Å². The Morgan fingerprint density at radius 1 is 1.08 bits per heavy atom. The van der Waals surface area contributed by atoms with Gasteiger partial charge in [0.1, 0.15) is 11.8 Å². The molecule has 1 aromatic heterocycles. The molecule has 0 aliphatic carbocycles. The number of hydrogen-bond acceptors (Lipinski definition) is 5. The number of nitrogens with zero attached hydrogens (tertiary/aromatic N) is 1. The van der Waals surface area contributed by atoms with Gasteiger partial charge in [0.15, 0.2) is 0 Å². The van der Waals surface area contributed by atoms with Crippen molar-refractivity contribution in [1.82, 2.24) is 15.7 Å². The number of carbonyl (C=O) groups is 2. The summed E-state index contributed by atoms with van der Waals surface area (Å²) in [6.45, 7) is 14.1. The number of phenols is 1. The summed E-state index contributed by atoms with van der Waals surface area (Å²) in [6, 6.07) is 10.6. The molecule has 4 N–H and O–H groups in total. The maximum Gasteiger partial charge on any atom is 0.407 e. The zero-order chi connectivity index (χ0) is 27.4. The first-order valence-electron chi connectivity index (χ1n) is 12.5. The molecule has 2 amide bonds. The Kier molecular flexibility index (Phi) is 8.31. The van der Waals surface area contributed by atoms with Crippen molar-refractivity contribution in [2.24, 2.45) is 5.10 Å². The van der Waals surface area contributed by atoms with Gasteiger partial charge < -0.3 is 20.1 Å². The van der Waals surface area contributed by atoms with E-state index in [9.17, 15) is 14.7 Å². The Morgan fingerprint density at radius 2 is 1.70 bits per heavy atom. The summed E-state index contributed by atoms with van der Waals surface area (Å²) in [5.41, 5.74) is 6.17. The summed E-state index contributed by atoms with van der Waals surface area (Å²) in [7, 11) is 0. The maximum absolute atomic E-state index is 13.1. The van der Waals surface area contributed by atoms with Crippen LogP contribution in [0.25, 0.3) is 10.9 Å². The molecule has 0 spiro atoms. The Labute approximate surface area is 218 Å². The molecule has 0 unspecified atom stereocenters. The number of amides is 2. The SMILES string of the molecule is CCOC(=O)N[C@H](Cc1c[nH]c2ccccc12)C(=O)N/N=C\c1cc(C(C)(C)C)c(O)c(C(C)(C)C)c1. The molecule has 0 radical (unpaired) electrons. The van der Waals surface area contributed by atoms with Crippen molar-refractivity contribution in [3.8, 4) is 5.75 Å². The van der Waals surface area contributed by atoms with Gasteiger partial charge in [0.25, 0.3) is 5.91 Å². The molecular weight excluding hydrogens is 468 g/mol. The standard InChI is InChI=1S/C29H38N4O4/c1-8-37-27(36)32-24(15-19-17-30-23-12-10-9-11-20(19)23)26(35)33-31-16-18-13-21(28(2,3)4)25(34)22(14-18)29(5,6)7/h9-14,16-17,24,30,34H,8,15H2,1-7H3,(H,32,36)(H,33,35)/b31-16-/t24-/m1/s1. The summed E-state index contributed by atoms with van der Waals surface area (Å²) in [5.74, 6) is -0.195. The molecule has 3 rings (SSSR count). The van der Waals surface area contributed by atoms with E-state index in [0.717, 1.165) is 33.2 Å². The van der Waals surface area contributed by atoms with Crippen molar-refractivity contribution in [1.29, 1.82) is 0 Å². The molecule has 2 aromatic carbocycles. The first kappa shape index (κ1) is 27.8. The molecule has 0 saturated carbocycles.